The van der Waals surface area contributed by atoms with E-state index in [1.165, 1.54) is 16.2 Å². The Hall–Kier alpha value is -4.50. The number of methoxy groups -OCH3 is 1. The predicted octanol–water partition coefficient (Wildman–Crippen LogP) is 5.07. The Bertz CT molecular complexity index is 1880. The van der Waals surface area contributed by atoms with Crippen LogP contribution in [-0.2, 0) is 10.3 Å². The van der Waals surface area contributed by atoms with Crippen molar-refractivity contribution in [3.63, 3.8) is 0 Å². The third-order valence-corrected chi connectivity index (χ3v) is 8.26. The fraction of sp³-hybridized carbons (Fsp3) is 0.172. The molecule has 3 aromatic carbocycles. The maximum Gasteiger partial charge on any atom is 0.297 e. The second-order valence-electron chi connectivity index (χ2n) is 9.29. The molecule has 9 heteroatoms. The maximum absolute atomic E-state index is 14.6. The molecular weight excluding hydrogens is 502 g/mol. The van der Waals surface area contributed by atoms with Gasteiger partial charge in [0.2, 0.25) is 5.76 Å². The third-order valence-electron chi connectivity index (χ3n) is 7.25. The predicted molar refractivity (Wildman–Crippen MR) is 145 cm³/mol. The summed E-state index contributed by atoms with van der Waals surface area (Å²) in [6.07, 6.45) is 0.699. The van der Waals surface area contributed by atoms with Crippen molar-refractivity contribution in [1.29, 1.82) is 0 Å². The molecule has 7 rings (SSSR count). The number of rotatable bonds is 4. The van der Waals surface area contributed by atoms with Crippen LogP contribution >= 0.6 is 11.3 Å². The number of fused-ring (bicyclic) bond motifs is 6. The molecule has 2 aromatic heterocycles. The molecule has 0 bridgehead atoms. The van der Waals surface area contributed by atoms with Crippen molar-refractivity contribution in [3.05, 3.63) is 93.8 Å². The van der Waals surface area contributed by atoms with Gasteiger partial charge in [0.05, 0.1) is 34.0 Å². The fourth-order valence-corrected chi connectivity index (χ4v) is 6.72. The van der Waals surface area contributed by atoms with Crippen LogP contribution in [0.4, 0.5) is 10.8 Å². The number of carbonyl (C=O) groups excluding carboxylic acids is 2. The van der Waals surface area contributed by atoms with Crippen LogP contribution in [0.1, 0.15) is 35.0 Å². The van der Waals surface area contributed by atoms with Gasteiger partial charge in [-0.2, -0.15) is 0 Å². The summed E-state index contributed by atoms with van der Waals surface area (Å²) >= 11 is 1.26. The van der Waals surface area contributed by atoms with E-state index in [0.717, 1.165) is 4.70 Å². The van der Waals surface area contributed by atoms with Gasteiger partial charge in [0.15, 0.2) is 16.1 Å². The highest BCUT2D eigenvalue weighted by Gasteiger charge is 2.66. The molecule has 0 saturated heterocycles. The summed E-state index contributed by atoms with van der Waals surface area (Å²) in [7, 11) is 1.58. The zero-order valence-electron chi connectivity index (χ0n) is 20.6. The molecule has 0 saturated carbocycles. The molecule has 0 aliphatic carbocycles. The molecule has 5 aromatic rings. The smallest absolute Gasteiger partial charge is 0.297 e. The summed E-state index contributed by atoms with van der Waals surface area (Å²) < 4.78 is 12.3. The molecule has 8 nitrogen and oxygen atoms in total. The van der Waals surface area contributed by atoms with Crippen LogP contribution in [0, 0.1) is 0 Å². The largest absolute Gasteiger partial charge is 0.497 e. The lowest BCUT2D eigenvalue weighted by Gasteiger charge is -2.32. The Balaban J connectivity index is 1.60. The van der Waals surface area contributed by atoms with Crippen LogP contribution in [0.15, 0.2) is 75.9 Å². The van der Waals surface area contributed by atoms with Gasteiger partial charge in [0.1, 0.15) is 11.3 Å². The average molecular weight is 524 g/mol. The Labute approximate surface area is 220 Å². The van der Waals surface area contributed by atoms with Crippen molar-refractivity contribution >= 4 is 55.2 Å². The van der Waals surface area contributed by atoms with E-state index in [0.29, 0.717) is 51.6 Å². The lowest BCUT2D eigenvalue weighted by atomic mass is 9.84. The van der Waals surface area contributed by atoms with E-state index in [-0.39, 0.29) is 17.2 Å². The molecule has 2 amide bonds. The Morgan fingerprint density at radius 2 is 1.82 bits per heavy atom. The third kappa shape index (κ3) is 2.74. The summed E-state index contributed by atoms with van der Waals surface area (Å²) in [4.78, 5) is 50.7. The number of carbonyl (C=O) groups is 2. The number of nitrogens with zero attached hydrogens (tertiary/aromatic N) is 3. The minimum Gasteiger partial charge on any atom is -0.497 e. The topological polar surface area (TPSA) is 93.0 Å². The number of hydrogen-bond acceptors (Lipinski definition) is 7. The van der Waals surface area contributed by atoms with E-state index in [4.69, 9.17) is 14.1 Å². The number of anilines is 2. The van der Waals surface area contributed by atoms with E-state index in [1.54, 1.807) is 48.4 Å². The van der Waals surface area contributed by atoms with Crippen molar-refractivity contribution in [2.75, 3.05) is 23.5 Å². The standard InChI is InChI=1S/C29H21N3O5S/c1-3-14-31-20-10-6-5-9-18(20)29(27(31)35)23-24(33)17-8-4-7-11-21(17)37-25(23)26(34)32(29)28-30-19-13-12-16(36-2)15-22(19)38-28/h4-13,15H,3,14H2,1-2H3. The van der Waals surface area contributed by atoms with Gasteiger partial charge in [-0.15, -0.1) is 0 Å². The quantitative estimate of drug-likeness (QED) is 0.327. The summed E-state index contributed by atoms with van der Waals surface area (Å²) in [6.45, 7) is 2.42. The molecule has 1 spiro atoms. The SMILES string of the molecule is CCCN1C(=O)C2(c3ccccc31)c1c(oc3ccccc3c1=O)C(=O)N2c1nc2ccc(OC)cc2s1. The molecule has 2 aliphatic heterocycles. The summed E-state index contributed by atoms with van der Waals surface area (Å²) in [6, 6.07) is 19.5. The molecule has 0 radical (unpaired) electrons. The minimum absolute atomic E-state index is 0.0362. The van der Waals surface area contributed by atoms with Crippen LogP contribution in [0.2, 0.25) is 0 Å². The van der Waals surface area contributed by atoms with Crippen molar-refractivity contribution in [1.82, 2.24) is 4.98 Å². The molecular formula is C29H21N3O5S. The lowest BCUT2D eigenvalue weighted by molar-refractivity contribution is -0.121. The highest BCUT2D eigenvalue weighted by Crippen LogP contribution is 2.54. The van der Waals surface area contributed by atoms with Crippen molar-refractivity contribution in [2.45, 2.75) is 18.9 Å². The second kappa shape index (κ2) is 8.00. The van der Waals surface area contributed by atoms with Crippen LogP contribution in [0.25, 0.3) is 21.2 Å². The van der Waals surface area contributed by atoms with E-state index in [9.17, 15) is 14.4 Å². The lowest BCUT2D eigenvalue weighted by Crippen LogP contribution is -2.53. The van der Waals surface area contributed by atoms with Crippen LogP contribution < -0.4 is 20.0 Å². The van der Waals surface area contributed by atoms with Crippen LogP contribution in [0.5, 0.6) is 5.75 Å². The van der Waals surface area contributed by atoms with Gasteiger partial charge in [-0.1, -0.05) is 48.6 Å². The number of para-hydroxylation sites is 2. The number of aromatic nitrogens is 1. The molecule has 38 heavy (non-hydrogen) atoms. The van der Waals surface area contributed by atoms with E-state index >= 15 is 0 Å². The van der Waals surface area contributed by atoms with Gasteiger partial charge in [-0.3, -0.25) is 19.3 Å². The molecule has 1 atom stereocenters. The zero-order chi connectivity index (χ0) is 26.2. The van der Waals surface area contributed by atoms with Gasteiger partial charge < -0.3 is 14.1 Å². The molecule has 4 heterocycles. The van der Waals surface area contributed by atoms with Crippen LogP contribution in [0.3, 0.4) is 0 Å². The monoisotopic (exact) mass is 523 g/mol. The molecule has 1 unspecified atom stereocenters. The first-order chi connectivity index (χ1) is 18.5. The first kappa shape index (κ1) is 22.7. The number of ether oxygens (including phenoxy) is 1. The summed E-state index contributed by atoms with van der Waals surface area (Å²) in [5.41, 5.74) is 0.0697. The molecule has 188 valence electrons. The van der Waals surface area contributed by atoms with Gasteiger partial charge in [-0.05, 0) is 42.8 Å². The van der Waals surface area contributed by atoms with Crippen molar-refractivity contribution < 1.29 is 18.7 Å². The molecule has 2 aliphatic rings. The first-order valence-electron chi connectivity index (χ1n) is 12.3. The molecule has 0 N–H and O–H groups in total. The number of benzene rings is 3. The Morgan fingerprint density at radius 3 is 2.63 bits per heavy atom. The highest BCUT2D eigenvalue weighted by molar-refractivity contribution is 7.22. The molecule has 0 fully saturated rings. The average Bonchev–Trinajstić information content (AvgIpc) is 3.55. The van der Waals surface area contributed by atoms with E-state index in [2.05, 4.69) is 0 Å². The van der Waals surface area contributed by atoms with Crippen LogP contribution in [-0.4, -0.2) is 30.5 Å². The first-order valence-corrected chi connectivity index (χ1v) is 13.1. The fourth-order valence-electron chi connectivity index (χ4n) is 5.67. The van der Waals surface area contributed by atoms with Gasteiger partial charge >= 0.3 is 0 Å². The Morgan fingerprint density at radius 1 is 1.03 bits per heavy atom. The minimum atomic E-state index is -1.74. The van der Waals surface area contributed by atoms with E-state index < -0.39 is 16.9 Å². The number of thiazole rings is 1. The highest BCUT2D eigenvalue weighted by atomic mass is 32.1. The van der Waals surface area contributed by atoms with Gasteiger partial charge in [0.25, 0.3) is 11.8 Å². The summed E-state index contributed by atoms with van der Waals surface area (Å²) in [5.74, 6) is -0.424. The second-order valence-corrected chi connectivity index (χ2v) is 10.3. The maximum atomic E-state index is 14.6. The van der Waals surface area contributed by atoms with Crippen molar-refractivity contribution in [3.8, 4) is 5.75 Å². The van der Waals surface area contributed by atoms with Crippen molar-refractivity contribution in [2.24, 2.45) is 0 Å². The van der Waals surface area contributed by atoms with Gasteiger partial charge in [-0.25, -0.2) is 4.98 Å². The number of amides is 2. The number of hydrogen-bond donors (Lipinski definition) is 0. The Kier molecular flexibility index (Phi) is 4.77. The van der Waals surface area contributed by atoms with Gasteiger partial charge in [0, 0.05) is 12.1 Å². The summed E-state index contributed by atoms with van der Waals surface area (Å²) in [5, 5.41) is 0.614. The zero-order valence-corrected chi connectivity index (χ0v) is 21.4. The van der Waals surface area contributed by atoms with E-state index in [1.807, 2.05) is 37.3 Å². The normalized spacial score (nSPS) is 18.2.